The summed E-state index contributed by atoms with van der Waals surface area (Å²) < 4.78 is 4.92. The Morgan fingerprint density at radius 3 is 2.18 bits per heavy atom. The number of ether oxygens (including phenoxy) is 1. The van der Waals surface area contributed by atoms with Crippen LogP contribution in [0.15, 0.2) is 24.3 Å². The third-order valence-electron chi connectivity index (χ3n) is 2.70. The molecule has 0 bridgehead atoms. The molecule has 2 amide bonds. The molecule has 1 aromatic carbocycles. The van der Waals surface area contributed by atoms with E-state index in [0.717, 1.165) is 0 Å². The Morgan fingerprint density at radius 2 is 1.68 bits per heavy atom. The molecule has 6 nitrogen and oxygen atoms in total. The van der Waals surface area contributed by atoms with Crippen molar-refractivity contribution < 1.29 is 19.1 Å². The highest BCUT2D eigenvalue weighted by molar-refractivity contribution is 5.96. The molecule has 22 heavy (non-hydrogen) atoms. The molecule has 0 aliphatic heterocycles. The number of carbonyl (C=O) groups is 3. The molecular formula is C16H22N2O4. The number of anilines is 1. The van der Waals surface area contributed by atoms with Crippen LogP contribution in [0.25, 0.3) is 0 Å². The molecule has 1 aromatic rings. The molecule has 0 fully saturated rings. The second kappa shape index (κ2) is 7.59. The second-order valence-electron chi connectivity index (χ2n) is 6.10. The molecule has 2 N–H and O–H groups in total. The van der Waals surface area contributed by atoms with Gasteiger partial charge in [0.25, 0.3) is 11.8 Å². The fourth-order valence-corrected chi connectivity index (χ4v) is 1.68. The lowest BCUT2D eigenvalue weighted by molar-refractivity contribution is -0.149. The van der Waals surface area contributed by atoms with E-state index in [1.165, 1.54) is 0 Å². The summed E-state index contributed by atoms with van der Waals surface area (Å²) in [4.78, 5) is 34.6. The van der Waals surface area contributed by atoms with Gasteiger partial charge in [0.15, 0.2) is 6.61 Å². The Hall–Kier alpha value is -2.37. The summed E-state index contributed by atoms with van der Waals surface area (Å²) in [6.45, 7) is 5.43. The van der Waals surface area contributed by atoms with Gasteiger partial charge in [0.05, 0.1) is 6.42 Å². The Kier molecular flexibility index (Phi) is 6.10. The van der Waals surface area contributed by atoms with Crippen molar-refractivity contribution in [2.45, 2.75) is 27.2 Å². The van der Waals surface area contributed by atoms with Gasteiger partial charge in [-0.05, 0) is 29.7 Å². The van der Waals surface area contributed by atoms with Gasteiger partial charge in [-0.1, -0.05) is 20.8 Å². The normalized spacial score (nSPS) is 10.7. The van der Waals surface area contributed by atoms with Crippen LogP contribution in [0.1, 0.15) is 37.6 Å². The van der Waals surface area contributed by atoms with Gasteiger partial charge in [0.1, 0.15) is 0 Å². The lowest BCUT2D eigenvalue weighted by Crippen LogP contribution is -2.23. The summed E-state index contributed by atoms with van der Waals surface area (Å²) in [7, 11) is 1.55. The molecule has 0 aromatic heterocycles. The minimum absolute atomic E-state index is 0.177. The van der Waals surface area contributed by atoms with E-state index < -0.39 is 11.9 Å². The minimum Gasteiger partial charge on any atom is -0.456 e. The van der Waals surface area contributed by atoms with Crippen LogP contribution >= 0.6 is 0 Å². The molecular weight excluding hydrogens is 284 g/mol. The summed E-state index contributed by atoms with van der Waals surface area (Å²) in [5.74, 6) is -1.03. The molecule has 0 radical (unpaired) electrons. The molecule has 0 aliphatic carbocycles. The second-order valence-corrected chi connectivity index (χ2v) is 6.10. The van der Waals surface area contributed by atoms with Crippen molar-refractivity contribution in [3.63, 3.8) is 0 Å². The van der Waals surface area contributed by atoms with Gasteiger partial charge >= 0.3 is 5.97 Å². The van der Waals surface area contributed by atoms with Crippen molar-refractivity contribution in [3.05, 3.63) is 29.8 Å². The van der Waals surface area contributed by atoms with E-state index >= 15 is 0 Å². The van der Waals surface area contributed by atoms with Gasteiger partial charge in [0.2, 0.25) is 0 Å². The Labute approximate surface area is 130 Å². The van der Waals surface area contributed by atoms with Gasteiger partial charge in [0, 0.05) is 18.3 Å². The maximum atomic E-state index is 11.7. The summed E-state index contributed by atoms with van der Waals surface area (Å²) in [6.07, 6.45) is 0.251. The van der Waals surface area contributed by atoms with Crippen molar-refractivity contribution in [1.29, 1.82) is 0 Å². The summed E-state index contributed by atoms with van der Waals surface area (Å²) in [5.41, 5.74) is 0.852. The highest BCUT2D eigenvalue weighted by atomic mass is 16.5. The minimum atomic E-state index is -0.421. The van der Waals surface area contributed by atoms with Gasteiger partial charge in [-0.3, -0.25) is 14.4 Å². The van der Waals surface area contributed by atoms with Crippen LogP contribution in [-0.2, 0) is 14.3 Å². The zero-order valence-corrected chi connectivity index (χ0v) is 13.4. The van der Waals surface area contributed by atoms with E-state index in [0.29, 0.717) is 11.3 Å². The van der Waals surface area contributed by atoms with Gasteiger partial charge in [-0.15, -0.1) is 0 Å². The molecule has 0 saturated heterocycles. The first-order valence-corrected chi connectivity index (χ1v) is 6.99. The van der Waals surface area contributed by atoms with Crippen LogP contribution in [0, 0.1) is 5.41 Å². The largest absolute Gasteiger partial charge is 0.456 e. The first-order valence-electron chi connectivity index (χ1n) is 6.99. The van der Waals surface area contributed by atoms with Crippen molar-refractivity contribution in [1.82, 2.24) is 5.32 Å². The molecule has 0 atom stereocenters. The summed E-state index contributed by atoms with van der Waals surface area (Å²) in [5, 5.41) is 5.11. The fourth-order valence-electron chi connectivity index (χ4n) is 1.68. The average molecular weight is 306 g/mol. The monoisotopic (exact) mass is 306 g/mol. The lowest BCUT2D eigenvalue weighted by atomic mass is 9.92. The van der Waals surface area contributed by atoms with Crippen LogP contribution in [0.3, 0.4) is 0 Å². The molecule has 0 aliphatic rings. The number of hydrogen-bond donors (Lipinski definition) is 2. The van der Waals surface area contributed by atoms with Gasteiger partial charge in [-0.25, -0.2) is 0 Å². The average Bonchev–Trinajstić information content (AvgIpc) is 2.43. The molecule has 0 saturated carbocycles. The zero-order valence-electron chi connectivity index (χ0n) is 13.4. The number of carbonyl (C=O) groups excluding carboxylic acids is 3. The van der Waals surface area contributed by atoms with E-state index in [-0.39, 0.29) is 24.3 Å². The quantitative estimate of drug-likeness (QED) is 0.815. The number of benzene rings is 1. The van der Waals surface area contributed by atoms with Crippen LogP contribution in [-0.4, -0.2) is 31.4 Å². The molecule has 0 unspecified atom stereocenters. The standard InChI is InChI=1S/C16H22N2O4/c1-16(2,3)9-14(20)22-10-13(19)18-12-7-5-11(6-8-12)15(21)17-4/h5-8H,9-10H2,1-4H3,(H,17,21)(H,18,19). The number of rotatable bonds is 5. The molecule has 6 heteroatoms. The maximum Gasteiger partial charge on any atom is 0.306 e. The van der Waals surface area contributed by atoms with E-state index in [4.69, 9.17) is 4.74 Å². The molecule has 1 rings (SSSR count). The third kappa shape index (κ3) is 6.39. The summed E-state index contributed by atoms with van der Waals surface area (Å²) >= 11 is 0. The van der Waals surface area contributed by atoms with Gasteiger partial charge < -0.3 is 15.4 Å². The third-order valence-corrected chi connectivity index (χ3v) is 2.70. The first-order chi connectivity index (χ1) is 10.2. The zero-order chi connectivity index (χ0) is 16.8. The van der Waals surface area contributed by atoms with Crippen molar-refractivity contribution in [3.8, 4) is 0 Å². The van der Waals surface area contributed by atoms with E-state index in [1.807, 2.05) is 20.8 Å². The van der Waals surface area contributed by atoms with E-state index in [9.17, 15) is 14.4 Å². The Morgan fingerprint density at radius 1 is 1.09 bits per heavy atom. The Bertz CT molecular complexity index is 544. The first kappa shape index (κ1) is 17.7. The van der Waals surface area contributed by atoms with Crippen molar-refractivity contribution >= 4 is 23.5 Å². The van der Waals surface area contributed by atoms with Gasteiger partial charge in [-0.2, -0.15) is 0 Å². The lowest BCUT2D eigenvalue weighted by Gasteiger charge is -2.16. The number of hydrogen-bond acceptors (Lipinski definition) is 4. The fraction of sp³-hybridized carbons (Fsp3) is 0.438. The van der Waals surface area contributed by atoms with E-state index in [2.05, 4.69) is 10.6 Å². The number of nitrogens with one attached hydrogen (secondary N) is 2. The summed E-state index contributed by atoms with van der Waals surface area (Å²) in [6, 6.07) is 6.42. The van der Waals surface area contributed by atoms with Crippen LogP contribution in [0.2, 0.25) is 0 Å². The smallest absolute Gasteiger partial charge is 0.306 e. The van der Waals surface area contributed by atoms with Crippen molar-refractivity contribution in [2.75, 3.05) is 19.0 Å². The van der Waals surface area contributed by atoms with Crippen LogP contribution < -0.4 is 10.6 Å². The molecule has 0 heterocycles. The highest BCUT2D eigenvalue weighted by Crippen LogP contribution is 2.18. The predicted molar refractivity (Wildman–Crippen MR) is 83.5 cm³/mol. The number of amides is 2. The molecule has 120 valence electrons. The Balaban J connectivity index is 2.45. The van der Waals surface area contributed by atoms with Crippen molar-refractivity contribution in [2.24, 2.45) is 5.41 Å². The maximum absolute atomic E-state index is 11.7. The molecule has 0 spiro atoms. The topological polar surface area (TPSA) is 84.5 Å². The SMILES string of the molecule is CNC(=O)c1ccc(NC(=O)COC(=O)CC(C)(C)C)cc1. The predicted octanol–water partition coefficient (Wildman–Crippen LogP) is 1.96. The van der Waals surface area contributed by atoms with E-state index in [1.54, 1.807) is 31.3 Å². The van der Waals surface area contributed by atoms with Crippen LogP contribution in [0.5, 0.6) is 0 Å². The van der Waals surface area contributed by atoms with Crippen LogP contribution in [0.4, 0.5) is 5.69 Å². The number of esters is 1. The highest BCUT2D eigenvalue weighted by Gasteiger charge is 2.17.